The van der Waals surface area contributed by atoms with Gasteiger partial charge in [0.15, 0.2) is 10.9 Å². The van der Waals surface area contributed by atoms with Crippen LogP contribution in [0.15, 0.2) is 23.5 Å². The van der Waals surface area contributed by atoms with E-state index in [4.69, 9.17) is 21.1 Å². The molecular weight excluding hydrogens is 362 g/mol. The lowest BCUT2D eigenvalue weighted by Crippen LogP contribution is -2.16. The van der Waals surface area contributed by atoms with Crippen LogP contribution in [0.25, 0.3) is 0 Å². The zero-order valence-electron chi connectivity index (χ0n) is 14.1. The molecule has 3 rings (SSSR count). The largest absolute Gasteiger partial charge is 0.492 e. The molecule has 0 radical (unpaired) electrons. The number of anilines is 1. The minimum Gasteiger partial charge on any atom is -0.492 e. The molecule has 6 nitrogen and oxygen atoms in total. The minimum absolute atomic E-state index is 0.107. The van der Waals surface area contributed by atoms with Crippen molar-refractivity contribution in [3.63, 3.8) is 0 Å². The first kappa shape index (κ1) is 17.8. The third-order valence-electron chi connectivity index (χ3n) is 3.67. The summed E-state index contributed by atoms with van der Waals surface area (Å²) in [6, 6.07) is 3.69. The van der Waals surface area contributed by atoms with Gasteiger partial charge in [0, 0.05) is 18.1 Å². The second kappa shape index (κ2) is 7.49. The van der Waals surface area contributed by atoms with Crippen LogP contribution in [0.2, 0.25) is 5.02 Å². The van der Waals surface area contributed by atoms with Crippen LogP contribution in [-0.4, -0.2) is 34.8 Å². The molecular formula is C17H18ClN3O3S. The van der Waals surface area contributed by atoms with E-state index in [2.05, 4.69) is 15.3 Å². The van der Waals surface area contributed by atoms with E-state index < -0.39 is 5.91 Å². The molecule has 0 bridgehead atoms. The van der Waals surface area contributed by atoms with Gasteiger partial charge < -0.3 is 14.8 Å². The Labute approximate surface area is 155 Å². The Balaban J connectivity index is 1.92. The number of amides is 1. The van der Waals surface area contributed by atoms with E-state index in [1.165, 1.54) is 18.0 Å². The summed E-state index contributed by atoms with van der Waals surface area (Å²) in [5.74, 6) is 0.932. The van der Waals surface area contributed by atoms with Crippen molar-refractivity contribution >= 4 is 35.0 Å². The Bertz CT molecular complexity index is 816. The van der Waals surface area contributed by atoms with E-state index in [0.29, 0.717) is 23.2 Å². The first-order valence-electron chi connectivity index (χ1n) is 7.86. The molecule has 1 aromatic heterocycles. The Morgan fingerprint density at radius 1 is 1.52 bits per heavy atom. The molecule has 0 aliphatic carbocycles. The van der Waals surface area contributed by atoms with Crippen molar-refractivity contribution in [1.29, 1.82) is 0 Å². The van der Waals surface area contributed by atoms with Crippen LogP contribution in [-0.2, 0) is 6.42 Å². The normalized spacial score (nSPS) is 15.4. The van der Waals surface area contributed by atoms with Crippen molar-refractivity contribution < 1.29 is 14.3 Å². The molecule has 1 aromatic carbocycles. The van der Waals surface area contributed by atoms with Crippen molar-refractivity contribution in [1.82, 2.24) is 9.97 Å². The fourth-order valence-electron chi connectivity index (χ4n) is 2.60. The first-order valence-corrected chi connectivity index (χ1v) is 9.46. The van der Waals surface area contributed by atoms with Gasteiger partial charge in [-0.15, -0.1) is 0 Å². The summed E-state index contributed by atoms with van der Waals surface area (Å²) in [6.07, 6.45) is 4.18. The Hall–Kier alpha value is -1.99. The molecule has 8 heteroatoms. The van der Waals surface area contributed by atoms with E-state index in [1.807, 2.05) is 26.2 Å². The van der Waals surface area contributed by atoms with Crippen molar-refractivity contribution in [2.45, 2.75) is 31.5 Å². The molecule has 2 heterocycles. The maximum Gasteiger partial charge on any atom is 0.276 e. The fourth-order valence-corrected chi connectivity index (χ4v) is 3.12. The highest BCUT2D eigenvalue weighted by molar-refractivity contribution is 7.98. The first-order chi connectivity index (χ1) is 12.0. The number of carbonyl (C=O) groups excluding carboxylic acids is 1. The lowest BCUT2D eigenvalue weighted by atomic mass is 10.1. The molecule has 0 saturated heterocycles. The summed E-state index contributed by atoms with van der Waals surface area (Å²) >= 11 is 7.41. The van der Waals surface area contributed by atoms with Crippen molar-refractivity contribution in [2.75, 3.05) is 18.2 Å². The van der Waals surface area contributed by atoms with Crippen LogP contribution in [0.3, 0.4) is 0 Å². The number of halogens is 1. The van der Waals surface area contributed by atoms with E-state index in [0.717, 1.165) is 17.7 Å². The van der Waals surface area contributed by atoms with Gasteiger partial charge in [-0.2, -0.15) is 0 Å². The van der Waals surface area contributed by atoms with Gasteiger partial charge in [-0.25, -0.2) is 9.97 Å². The maximum absolute atomic E-state index is 12.6. The molecule has 1 aliphatic rings. The van der Waals surface area contributed by atoms with Gasteiger partial charge in [0.1, 0.15) is 17.6 Å². The molecule has 1 atom stereocenters. The summed E-state index contributed by atoms with van der Waals surface area (Å²) in [4.78, 5) is 20.9. The predicted octanol–water partition coefficient (Wildman–Crippen LogP) is 3.83. The molecule has 1 aliphatic heterocycles. The zero-order valence-corrected chi connectivity index (χ0v) is 15.7. The minimum atomic E-state index is -0.422. The van der Waals surface area contributed by atoms with Crippen LogP contribution in [0.5, 0.6) is 11.5 Å². The van der Waals surface area contributed by atoms with E-state index in [9.17, 15) is 4.79 Å². The monoisotopic (exact) mass is 379 g/mol. The number of fused-ring (bicyclic) bond motifs is 1. The van der Waals surface area contributed by atoms with Gasteiger partial charge in [-0.1, -0.05) is 23.4 Å². The number of hydrogen-bond acceptors (Lipinski definition) is 6. The van der Waals surface area contributed by atoms with Gasteiger partial charge >= 0.3 is 0 Å². The molecule has 0 spiro atoms. The van der Waals surface area contributed by atoms with Crippen molar-refractivity contribution in [2.24, 2.45) is 0 Å². The van der Waals surface area contributed by atoms with E-state index in [-0.39, 0.29) is 16.8 Å². The summed E-state index contributed by atoms with van der Waals surface area (Å²) in [5.41, 5.74) is 1.72. The molecule has 0 unspecified atom stereocenters. The number of aromatic nitrogens is 2. The predicted molar refractivity (Wildman–Crippen MR) is 98.2 cm³/mol. The number of hydrogen-bond donors (Lipinski definition) is 1. The quantitative estimate of drug-likeness (QED) is 0.628. The number of carbonyl (C=O) groups is 1. The van der Waals surface area contributed by atoms with Crippen molar-refractivity contribution in [3.05, 3.63) is 34.6 Å². The third-order valence-corrected chi connectivity index (χ3v) is 4.50. The number of rotatable bonds is 5. The zero-order chi connectivity index (χ0) is 18.0. The van der Waals surface area contributed by atoms with Gasteiger partial charge in [-0.3, -0.25) is 4.79 Å². The topological polar surface area (TPSA) is 73.3 Å². The Kier molecular flexibility index (Phi) is 5.34. The number of ether oxygens (including phenoxy) is 2. The number of thioether (sulfide) groups is 1. The van der Waals surface area contributed by atoms with E-state index in [1.54, 1.807) is 6.07 Å². The van der Waals surface area contributed by atoms with Crippen LogP contribution < -0.4 is 14.8 Å². The lowest BCUT2D eigenvalue weighted by Gasteiger charge is -2.14. The molecule has 0 fully saturated rings. The van der Waals surface area contributed by atoms with Crippen LogP contribution >= 0.6 is 23.4 Å². The summed E-state index contributed by atoms with van der Waals surface area (Å²) in [6.45, 7) is 4.39. The lowest BCUT2D eigenvalue weighted by molar-refractivity contribution is 0.102. The highest BCUT2D eigenvalue weighted by atomic mass is 35.5. The SMILES string of the molecule is CCOc1cc2c(cc1NC(=O)c1nc(SC)ncc1Cl)O[C@H](C)C2. The average Bonchev–Trinajstić information content (AvgIpc) is 2.94. The highest BCUT2D eigenvalue weighted by Gasteiger charge is 2.23. The molecule has 1 N–H and O–H groups in total. The Morgan fingerprint density at radius 3 is 3.04 bits per heavy atom. The molecule has 1 amide bonds. The van der Waals surface area contributed by atoms with Gasteiger partial charge in [0.25, 0.3) is 5.91 Å². The van der Waals surface area contributed by atoms with Crippen LogP contribution in [0.1, 0.15) is 29.9 Å². The standard InChI is InChI=1S/C17H18ClN3O3S/c1-4-23-14-6-10-5-9(2)24-13(10)7-12(14)20-16(22)15-11(18)8-19-17(21-15)25-3/h6-9H,4-5H2,1-3H3,(H,20,22)/t9-/m1/s1. The molecule has 132 valence electrons. The second-order valence-corrected chi connectivity index (χ2v) is 6.71. The van der Waals surface area contributed by atoms with E-state index >= 15 is 0 Å². The van der Waals surface area contributed by atoms with Crippen LogP contribution in [0, 0.1) is 0 Å². The van der Waals surface area contributed by atoms with Gasteiger partial charge in [0.2, 0.25) is 0 Å². The van der Waals surface area contributed by atoms with Crippen LogP contribution in [0.4, 0.5) is 5.69 Å². The van der Waals surface area contributed by atoms with Gasteiger partial charge in [-0.05, 0) is 26.2 Å². The Morgan fingerprint density at radius 2 is 2.32 bits per heavy atom. The molecule has 2 aromatic rings. The van der Waals surface area contributed by atoms with Crippen molar-refractivity contribution in [3.8, 4) is 11.5 Å². The molecule has 0 saturated carbocycles. The highest BCUT2D eigenvalue weighted by Crippen LogP contribution is 2.38. The smallest absolute Gasteiger partial charge is 0.276 e. The summed E-state index contributed by atoms with van der Waals surface area (Å²) in [5, 5.41) is 3.49. The number of nitrogens with zero attached hydrogens (tertiary/aromatic N) is 2. The number of benzene rings is 1. The maximum atomic E-state index is 12.6. The molecule has 25 heavy (non-hydrogen) atoms. The third kappa shape index (κ3) is 3.82. The average molecular weight is 380 g/mol. The number of nitrogens with one attached hydrogen (secondary N) is 1. The summed E-state index contributed by atoms with van der Waals surface area (Å²) in [7, 11) is 0. The fraction of sp³-hybridized carbons (Fsp3) is 0.353. The van der Waals surface area contributed by atoms with Gasteiger partial charge in [0.05, 0.1) is 23.5 Å². The summed E-state index contributed by atoms with van der Waals surface area (Å²) < 4.78 is 11.4. The second-order valence-electron chi connectivity index (χ2n) is 5.53.